The van der Waals surface area contributed by atoms with Crippen molar-refractivity contribution >= 4 is 35.8 Å². The molecule has 0 bridgehead atoms. The minimum atomic E-state index is -1.24. The molecule has 50 heavy (non-hydrogen) atoms. The lowest BCUT2D eigenvalue weighted by Gasteiger charge is -2.17. The fourth-order valence-corrected chi connectivity index (χ4v) is 3.31. The molecule has 0 aliphatic rings. The Hall–Kier alpha value is -5.54. The summed E-state index contributed by atoms with van der Waals surface area (Å²) in [5.41, 5.74) is -0.653. The molecule has 16 heteroatoms. The van der Waals surface area contributed by atoms with E-state index in [4.69, 9.17) is 47.7 Å². The second-order valence-corrected chi connectivity index (χ2v) is 11.5. The van der Waals surface area contributed by atoms with Crippen LogP contribution in [0.3, 0.4) is 0 Å². The van der Waals surface area contributed by atoms with E-state index in [0.717, 1.165) is 0 Å². The third-order valence-corrected chi connectivity index (χ3v) is 6.12. The van der Waals surface area contributed by atoms with Crippen LogP contribution in [0.25, 0.3) is 0 Å². The van der Waals surface area contributed by atoms with E-state index in [0.29, 0.717) is 0 Å². The largest absolute Gasteiger partial charge is 0.453 e. The van der Waals surface area contributed by atoms with Crippen LogP contribution >= 0.6 is 0 Å². The fourth-order valence-electron chi connectivity index (χ4n) is 3.31. The quantitative estimate of drug-likeness (QED) is 0.0676. The second-order valence-electron chi connectivity index (χ2n) is 11.5. The first kappa shape index (κ1) is 40.6. The normalized spacial score (nSPS) is 10.7. The zero-order valence-corrected chi connectivity index (χ0v) is 29.1. The summed E-state index contributed by atoms with van der Waals surface area (Å²) >= 11 is 0. The number of esters is 4. The van der Waals surface area contributed by atoms with Gasteiger partial charge in [-0.05, 0) is 24.3 Å². The molecule has 0 radical (unpaired) electrons. The minimum absolute atomic E-state index is 0.0995. The fraction of sp³-hybridized carbons (Fsp3) is 0.471. The van der Waals surface area contributed by atoms with Crippen molar-refractivity contribution in [2.75, 3.05) is 27.2 Å². The predicted molar refractivity (Wildman–Crippen MR) is 169 cm³/mol. The molecular weight excluding hydrogens is 664 g/mol. The molecule has 0 spiro atoms. The van der Waals surface area contributed by atoms with Gasteiger partial charge in [-0.1, -0.05) is 67.5 Å². The van der Waals surface area contributed by atoms with Crippen molar-refractivity contribution in [2.45, 2.75) is 55.4 Å². The van der Waals surface area contributed by atoms with Gasteiger partial charge in [0.15, 0.2) is 23.0 Å². The van der Waals surface area contributed by atoms with Gasteiger partial charge in [0, 0.05) is 0 Å². The molecule has 16 nitrogen and oxygen atoms in total. The van der Waals surface area contributed by atoms with Crippen LogP contribution < -0.4 is 18.9 Å². The lowest BCUT2D eigenvalue weighted by molar-refractivity contribution is -0.188. The van der Waals surface area contributed by atoms with Gasteiger partial charge in [0.25, 0.3) is 0 Å². The van der Waals surface area contributed by atoms with E-state index in [9.17, 15) is 28.8 Å². The smallest absolute Gasteiger partial charge is 0.390 e. The Morgan fingerprint density at radius 2 is 0.720 bits per heavy atom. The molecule has 2 rings (SSSR count). The third-order valence-electron chi connectivity index (χ3n) is 6.12. The molecule has 0 amide bonds. The molecule has 0 N–H and O–H groups in total. The average molecular weight is 707 g/mol. The van der Waals surface area contributed by atoms with Crippen LogP contribution in [0.4, 0.5) is 0 Å². The summed E-state index contributed by atoms with van der Waals surface area (Å²) in [6, 6.07) is 8.00. The van der Waals surface area contributed by atoms with E-state index < -0.39 is 86.7 Å². The van der Waals surface area contributed by atoms with Gasteiger partial charge in [-0.25, -0.2) is 19.4 Å². The van der Waals surface area contributed by atoms with E-state index in [1.54, 1.807) is 55.4 Å². The summed E-state index contributed by atoms with van der Waals surface area (Å²) in [5, 5.41) is 0. The number of benzene rings is 2. The van der Waals surface area contributed by atoms with E-state index in [-0.39, 0.29) is 34.1 Å². The summed E-state index contributed by atoms with van der Waals surface area (Å²) in [6.07, 6.45) is 0. The number of para-hydroxylation sites is 2. The second kappa shape index (κ2) is 20.1. The third kappa shape index (κ3) is 12.8. The Bertz CT molecular complexity index is 1380. The topological polar surface area (TPSA) is 195 Å². The maximum atomic E-state index is 13.2. The molecule has 0 atom stereocenters. The highest BCUT2D eigenvalue weighted by molar-refractivity contribution is 5.96. The predicted octanol–water partition coefficient (Wildman–Crippen LogP) is 4.76. The van der Waals surface area contributed by atoms with Crippen LogP contribution in [0.2, 0.25) is 0 Å². The Morgan fingerprint density at radius 1 is 0.440 bits per heavy atom. The molecular formula is C34H42O16. The van der Waals surface area contributed by atoms with Crippen LogP contribution in [0.5, 0.6) is 23.0 Å². The summed E-state index contributed by atoms with van der Waals surface area (Å²) in [7, 11) is 0. The zero-order chi connectivity index (χ0) is 37.4. The van der Waals surface area contributed by atoms with Crippen molar-refractivity contribution in [3.63, 3.8) is 0 Å². The molecule has 0 unspecified atom stereocenters. The van der Waals surface area contributed by atoms with Crippen LogP contribution in [0.15, 0.2) is 36.4 Å². The number of hydrogen-bond acceptors (Lipinski definition) is 16. The van der Waals surface area contributed by atoms with Crippen LogP contribution in [0.1, 0.15) is 76.1 Å². The minimum Gasteiger partial charge on any atom is -0.453 e. The SMILES string of the molecule is CC(C)C(=O)OCOc1cccc(C(=O)OOC(=O)c2cccc(OCOC(=O)C(C)C)c2OCOC(=O)C(C)C)c1OCOC(=O)C(C)C. The van der Waals surface area contributed by atoms with Crippen molar-refractivity contribution in [1.29, 1.82) is 0 Å². The molecule has 0 aliphatic heterocycles. The Labute approximate surface area is 289 Å². The van der Waals surface area contributed by atoms with Crippen LogP contribution in [-0.4, -0.2) is 63.0 Å². The van der Waals surface area contributed by atoms with E-state index in [1.807, 2.05) is 0 Å². The lowest BCUT2D eigenvalue weighted by atomic mass is 10.2. The first-order chi connectivity index (χ1) is 23.6. The van der Waals surface area contributed by atoms with Crippen molar-refractivity contribution in [3.05, 3.63) is 47.5 Å². The number of rotatable bonds is 18. The average Bonchev–Trinajstić information content (AvgIpc) is 3.07. The molecule has 0 aliphatic carbocycles. The Balaban J connectivity index is 2.30. The standard InChI is InChI=1S/C34H42O16/c1-19(2)29(35)45-15-41-25-13-9-11-23(27(25)43-17-47-31(37)21(5)6)33(39)49-50-34(40)24-12-10-14-26(42-16-46-30(36)20(3)4)28(24)44-18-48-32(38)22(7)8/h9-14,19-22H,15-18H2,1-8H3. The van der Waals surface area contributed by atoms with E-state index >= 15 is 0 Å². The van der Waals surface area contributed by atoms with Gasteiger partial charge in [0.05, 0.1) is 23.7 Å². The van der Waals surface area contributed by atoms with Gasteiger partial charge in [-0.15, -0.1) is 0 Å². The van der Waals surface area contributed by atoms with Crippen molar-refractivity contribution in [1.82, 2.24) is 0 Å². The lowest BCUT2D eigenvalue weighted by Crippen LogP contribution is -2.19. The molecule has 2 aromatic rings. The highest BCUT2D eigenvalue weighted by Crippen LogP contribution is 2.34. The van der Waals surface area contributed by atoms with Crippen molar-refractivity contribution < 1.29 is 76.4 Å². The maximum absolute atomic E-state index is 13.2. The molecule has 0 aromatic heterocycles. The number of ether oxygens (including phenoxy) is 8. The van der Waals surface area contributed by atoms with Crippen LogP contribution in [0, 0.1) is 23.7 Å². The molecule has 0 saturated heterocycles. The van der Waals surface area contributed by atoms with E-state index in [1.165, 1.54) is 36.4 Å². The monoisotopic (exact) mass is 706 g/mol. The first-order valence-corrected chi connectivity index (χ1v) is 15.5. The number of hydrogen-bond donors (Lipinski definition) is 0. The van der Waals surface area contributed by atoms with Crippen molar-refractivity contribution in [2.24, 2.45) is 23.7 Å². The van der Waals surface area contributed by atoms with E-state index in [2.05, 4.69) is 0 Å². The van der Waals surface area contributed by atoms with Gasteiger partial charge in [0.1, 0.15) is 11.1 Å². The Kier molecular flexibility index (Phi) is 16.3. The molecule has 2 aromatic carbocycles. The summed E-state index contributed by atoms with van der Waals surface area (Å²) in [6.45, 7) is 10.6. The van der Waals surface area contributed by atoms with Crippen LogP contribution in [-0.2, 0) is 47.9 Å². The molecule has 274 valence electrons. The summed E-state index contributed by atoms with van der Waals surface area (Å²) in [5.74, 6) is -7.34. The van der Waals surface area contributed by atoms with Gasteiger partial charge in [0.2, 0.25) is 27.2 Å². The molecule has 0 saturated carbocycles. The van der Waals surface area contributed by atoms with Gasteiger partial charge in [-0.2, -0.15) is 0 Å². The van der Waals surface area contributed by atoms with Gasteiger partial charge >= 0.3 is 35.8 Å². The Morgan fingerprint density at radius 3 is 1.00 bits per heavy atom. The molecule has 0 fully saturated rings. The molecule has 0 heterocycles. The summed E-state index contributed by atoms with van der Waals surface area (Å²) in [4.78, 5) is 83.6. The first-order valence-electron chi connectivity index (χ1n) is 15.5. The van der Waals surface area contributed by atoms with Gasteiger partial charge < -0.3 is 37.9 Å². The number of carbonyl (C=O) groups is 6. The summed E-state index contributed by atoms with van der Waals surface area (Å²) < 4.78 is 42.2. The maximum Gasteiger partial charge on any atom is 0.390 e. The highest BCUT2D eigenvalue weighted by Gasteiger charge is 2.26. The zero-order valence-electron chi connectivity index (χ0n) is 29.1. The highest BCUT2D eigenvalue weighted by atomic mass is 17.2. The number of carbonyl (C=O) groups excluding carboxylic acids is 6. The van der Waals surface area contributed by atoms with Gasteiger partial charge in [-0.3, -0.25) is 19.2 Å². The van der Waals surface area contributed by atoms with Crippen molar-refractivity contribution in [3.8, 4) is 23.0 Å².